The molecule has 90 valence electrons. The van der Waals surface area contributed by atoms with Gasteiger partial charge < -0.3 is 4.98 Å². The molecule has 0 saturated carbocycles. The van der Waals surface area contributed by atoms with Gasteiger partial charge in [-0.15, -0.1) is 0 Å². The van der Waals surface area contributed by atoms with Crippen LogP contribution < -0.4 is 0 Å². The monoisotopic (exact) mass is 293 g/mol. The molecule has 17 heavy (non-hydrogen) atoms. The first-order valence-corrected chi connectivity index (χ1v) is 6.73. The van der Waals surface area contributed by atoms with Crippen molar-refractivity contribution in [3.63, 3.8) is 0 Å². The normalized spacial score (nSPS) is 11.0. The van der Waals surface area contributed by atoms with Crippen LogP contribution in [0.25, 0.3) is 10.9 Å². The molecular weight excluding hydrogens is 278 g/mol. The van der Waals surface area contributed by atoms with Crippen LogP contribution in [0.2, 0.25) is 0 Å². The Hall–Kier alpha value is -1.09. The third-order valence-electron chi connectivity index (χ3n) is 2.98. The van der Waals surface area contributed by atoms with Crippen LogP contribution in [0.1, 0.15) is 42.2 Å². The average molecular weight is 294 g/mol. The number of halogens is 1. The molecular formula is C14H16BrNO. The Morgan fingerprint density at radius 1 is 1.41 bits per heavy atom. The van der Waals surface area contributed by atoms with Gasteiger partial charge in [0, 0.05) is 33.1 Å². The number of aromatic amines is 1. The molecule has 1 aromatic heterocycles. The van der Waals surface area contributed by atoms with Gasteiger partial charge in [-0.05, 0) is 25.5 Å². The number of benzene rings is 1. The number of hydrogen-bond acceptors (Lipinski definition) is 1. The average Bonchev–Trinajstić information content (AvgIpc) is 2.61. The molecule has 0 radical (unpaired) electrons. The Kier molecular flexibility index (Phi) is 3.67. The van der Waals surface area contributed by atoms with Crippen molar-refractivity contribution in [3.05, 3.63) is 33.9 Å². The second-order valence-corrected chi connectivity index (χ2v) is 5.26. The molecule has 2 aromatic rings. The Morgan fingerprint density at radius 2 is 2.18 bits per heavy atom. The van der Waals surface area contributed by atoms with E-state index in [4.69, 9.17) is 0 Å². The van der Waals surface area contributed by atoms with Crippen LogP contribution in [0, 0.1) is 6.92 Å². The Morgan fingerprint density at radius 3 is 2.88 bits per heavy atom. The van der Waals surface area contributed by atoms with E-state index in [0.717, 1.165) is 39.5 Å². The molecule has 3 heteroatoms. The standard InChI is InChI=1S/C14H16BrNO/c1-3-4-5-13(17)14-9(2)16-12-8-10(15)6-7-11(12)14/h6-8,16H,3-5H2,1-2H3. The number of aryl methyl sites for hydroxylation is 1. The van der Waals surface area contributed by atoms with Crippen LogP contribution in [0.5, 0.6) is 0 Å². The van der Waals surface area contributed by atoms with Crippen LogP contribution in [0.3, 0.4) is 0 Å². The van der Waals surface area contributed by atoms with E-state index in [1.807, 2.05) is 25.1 Å². The zero-order valence-corrected chi connectivity index (χ0v) is 11.7. The van der Waals surface area contributed by atoms with Crippen LogP contribution >= 0.6 is 15.9 Å². The Labute approximate surface area is 110 Å². The fourth-order valence-electron chi connectivity index (χ4n) is 2.13. The lowest BCUT2D eigenvalue weighted by Gasteiger charge is -2.00. The Bertz CT molecular complexity index is 557. The first kappa shape index (κ1) is 12.4. The summed E-state index contributed by atoms with van der Waals surface area (Å²) < 4.78 is 1.03. The molecule has 0 spiro atoms. The number of rotatable bonds is 4. The van der Waals surface area contributed by atoms with E-state index in [9.17, 15) is 4.79 Å². The summed E-state index contributed by atoms with van der Waals surface area (Å²) in [6, 6.07) is 5.99. The SMILES string of the molecule is CCCCC(=O)c1c(C)[nH]c2cc(Br)ccc12. The van der Waals surface area contributed by atoms with Gasteiger partial charge in [-0.3, -0.25) is 4.79 Å². The highest BCUT2D eigenvalue weighted by Crippen LogP contribution is 2.26. The number of nitrogens with one attached hydrogen (secondary N) is 1. The molecule has 0 aliphatic carbocycles. The molecule has 0 aliphatic heterocycles. The minimum atomic E-state index is 0.248. The molecule has 1 N–H and O–H groups in total. The van der Waals surface area contributed by atoms with Crippen LogP contribution in [-0.2, 0) is 0 Å². The largest absolute Gasteiger partial charge is 0.358 e. The maximum atomic E-state index is 12.2. The summed E-state index contributed by atoms with van der Waals surface area (Å²) in [5.74, 6) is 0.248. The van der Waals surface area contributed by atoms with E-state index >= 15 is 0 Å². The van der Waals surface area contributed by atoms with Gasteiger partial charge in [0.1, 0.15) is 0 Å². The molecule has 0 unspecified atom stereocenters. The van der Waals surface area contributed by atoms with Gasteiger partial charge in [-0.2, -0.15) is 0 Å². The van der Waals surface area contributed by atoms with E-state index in [1.165, 1.54) is 0 Å². The van der Waals surface area contributed by atoms with E-state index in [0.29, 0.717) is 6.42 Å². The summed E-state index contributed by atoms with van der Waals surface area (Å²) in [7, 11) is 0. The second kappa shape index (κ2) is 5.05. The van der Waals surface area contributed by atoms with E-state index in [-0.39, 0.29) is 5.78 Å². The molecule has 0 saturated heterocycles. The number of carbonyl (C=O) groups is 1. The van der Waals surface area contributed by atoms with Gasteiger partial charge in [0.15, 0.2) is 5.78 Å². The van der Waals surface area contributed by atoms with Gasteiger partial charge in [0.05, 0.1) is 0 Å². The minimum Gasteiger partial charge on any atom is -0.358 e. The quantitative estimate of drug-likeness (QED) is 0.820. The van der Waals surface area contributed by atoms with Crippen LogP contribution in [0.4, 0.5) is 0 Å². The number of fused-ring (bicyclic) bond motifs is 1. The molecule has 2 nitrogen and oxygen atoms in total. The fraction of sp³-hybridized carbons (Fsp3) is 0.357. The van der Waals surface area contributed by atoms with Crippen LogP contribution in [-0.4, -0.2) is 10.8 Å². The number of unbranched alkanes of at least 4 members (excludes halogenated alkanes) is 1. The van der Waals surface area contributed by atoms with E-state index < -0.39 is 0 Å². The topological polar surface area (TPSA) is 32.9 Å². The summed E-state index contributed by atoms with van der Waals surface area (Å²) in [5.41, 5.74) is 2.86. The summed E-state index contributed by atoms with van der Waals surface area (Å²) in [6.07, 6.45) is 2.65. The maximum Gasteiger partial charge on any atom is 0.165 e. The van der Waals surface area contributed by atoms with Crippen molar-refractivity contribution in [2.45, 2.75) is 33.1 Å². The van der Waals surface area contributed by atoms with Gasteiger partial charge >= 0.3 is 0 Å². The van der Waals surface area contributed by atoms with Crippen molar-refractivity contribution < 1.29 is 4.79 Å². The molecule has 1 heterocycles. The summed E-state index contributed by atoms with van der Waals surface area (Å²) in [6.45, 7) is 4.07. The number of hydrogen-bond donors (Lipinski definition) is 1. The van der Waals surface area contributed by atoms with Gasteiger partial charge in [-0.1, -0.05) is 35.3 Å². The van der Waals surface area contributed by atoms with Crippen molar-refractivity contribution in [1.29, 1.82) is 0 Å². The molecule has 0 aliphatic rings. The lowest BCUT2D eigenvalue weighted by atomic mass is 10.0. The number of aromatic nitrogens is 1. The lowest BCUT2D eigenvalue weighted by Crippen LogP contribution is -1.99. The third-order valence-corrected chi connectivity index (χ3v) is 3.48. The highest BCUT2D eigenvalue weighted by atomic mass is 79.9. The van der Waals surface area contributed by atoms with Crippen molar-refractivity contribution in [2.24, 2.45) is 0 Å². The lowest BCUT2D eigenvalue weighted by molar-refractivity contribution is 0.0981. The van der Waals surface area contributed by atoms with Crippen molar-refractivity contribution in [3.8, 4) is 0 Å². The fourth-order valence-corrected chi connectivity index (χ4v) is 2.49. The maximum absolute atomic E-state index is 12.2. The third kappa shape index (κ3) is 2.44. The zero-order chi connectivity index (χ0) is 12.4. The summed E-state index contributed by atoms with van der Waals surface area (Å²) >= 11 is 3.44. The van der Waals surface area contributed by atoms with Crippen molar-refractivity contribution in [1.82, 2.24) is 4.98 Å². The van der Waals surface area contributed by atoms with Crippen molar-refractivity contribution >= 4 is 32.6 Å². The highest BCUT2D eigenvalue weighted by molar-refractivity contribution is 9.10. The molecule has 2 rings (SSSR count). The van der Waals surface area contributed by atoms with E-state index in [2.05, 4.69) is 27.8 Å². The van der Waals surface area contributed by atoms with Crippen molar-refractivity contribution in [2.75, 3.05) is 0 Å². The number of Topliss-reactive ketones (excluding diaryl/α,β-unsaturated/α-hetero) is 1. The van der Waals surface area contributed by atoms with Gasteiger partial charge in [0.2, 0.25) is 0 Å². The first-order valence-electron chi connectivity index (χ1n) is 5.94. The van der Waals surface area contributed by atoms with Gasteiger partial charge in [-0.25, -0.2) is 0 Å². The minimum absolute atomic E-state index is 0.248. The second-order valence-electron chi connectivity index (χ2n) is 4.34. The summed E-state index contributed by atoms with van der Waals surface area (Å²) in [4.78, 5) is 15.4. The van der Waals surface area contributed by atoms with Gasteiger partial charge in [0.25, 0.3) is 0 Å². The molecule has 1 aromatic carbocycles. The summed E-state index contributed by atoms with van der Waals surface area (Å²) in [5, 5.41) is 1.03. The van der Waals surface area contributed by atoms with E-state index in [1.54, 1.807) is 0 Å². The molecule has 0 atom stereocenters. The zero-order valence-electron chi connectivity index (χ0n) is 10.1. The number of carbonyl (C=O) groups excluding carboxylic acids is 1. The predicted octanol–water partition coefficient (Wildman–Crippen LogP) is 4.61. The number of ketones is 1. The highest BCUT2D eigenvalue weighted by Gasteiger charge is 2.15. The smallest absolute Gasteiger partial charge is 0.165 e. The first-order chi connectivity index (χ1) is 8.13. The molecule has 0 fully saturated rings. The molecule has 0 bridgehead atoms. The predicted molar refractivity (Wildman–Crippen MR) is 74.6 cm³/mol. The Balaban J connectivity index is 2.46. The van der Waals surface area contributed by atoms with Crippen LogP contribution in [0.15, 0.2) is 22.7 Å². The molecule has 0 amide bonds. The number of H-pyrrole nitrogens is 1.